The van der Waals surface area contributed by atoms with Gasteiger partial charge in [0.05, 0.1) is 6.54 Å². The van der Waals surface area contributed by atoms with E-state index in [4.69, 9.17) is 0 Å². The Labute approximate surface area is 121 Å². The van der Waals surface area contributed by atoms with Gasteiger partial charge in [-0.3, -0.25) is 9.69 Å². The van der Waals surface area contributed by atoms with Crippen LogP contribution in [0.2, 0.25) is 0 Å². The van der Waals surface area contributed by atoms with Gasteiger partial charge in [0, 0.05) is 34.1 Å². The number of Topliss-reactive ketones (excluding diaryl/α,β-unsaturated/α-hetero) is 1. The maximum atomic E-state index is 12.3. The monoisotopic (exact) mass is 327 g/mol. The molecule has 4 heteroatoms. The highest BCUT2D eigenvalue weighted by Crippen LogP contribution is 2.22. The molecule has 0 N–H and O–H groups in total. The summed E-state index contributed by atoms with van der Waals surface area (Å²) in [5.41, 5.74) is 0.795. The second kappa shape index (κ2) is 6.73. The van der Waals surface area contributed by atoms with E-state index in [1.54, 1.807) is 0 Å². The zero-order valence-electron chi connectivity index (χ0n) is 10.6. The van der Waals surface area contributed by atoms with Crippen molar-refractivity contribution in [1.82, 2.24) is 4.90 Å². The van der Waals surface area contributed by atoms with Gasteiger partial charge in [-0.25, -0.2) is 0 Å². The van der Waals surface area contributed by atoms with Gasteiger partial charge in [-0.2, -0.15) is 11.8 Å². The first-order valence-corrected chi connectivity index (χ1v) is 8.16. The molecule has 1 aliphatic heterocycles. The van der Waals surface area contributed by atoms with Gasteiger partial charge < -0.3 is 0 Å². The molecule has 1 aromatic carbocycles. The van der Waals surface area contributed by atoms with E-state index in [0.717, 1.165) is 28.9 Å². The third kappa shape index (κ3) is 3.59. The fourth-order valence-electron chi connectivity index (χ4n) is 2.15. The number of benzene rings is 1. The second-order valence-electron chi connectivity index (χ2n) is 4.54. The summed E-state index contributed by atoms with van der Waals surface area (Å²) in [6, 6.07) is 7.67. The molecule has 0 bridgehead atoms. The Morgan fingerprint density at radius 3 is 3.00 bits per heavy atom. The summed E-state index contributed by atoms with van der Waals surface area (Å²) in [4.78, 5) is 14.5. The number of ketones is 1. The van der Waals surface area contributed by atoms with E-state index in [9.17, 15) is 4.79 Å². The molecule has 1 saturated heterocycles. The molecular weight excluding hydrogens is 310 g/mol. The zero-order valence-corrected chi connectivity index (χ0v) is 13.0. The molecule has 0 aromatic heterocycles. The maximum absolute atomic E-state index is 12.3. The van der Waals surface area contributed by atoms with Crippen molar-refractivity contribution in [2.45, 2.75) is 18.6 Å². The number of rotatable bonds is 4. The Morgan fingerprint density at radius 2 is 2.28 bits per heavy atom. The van der Waals surface area contributed by atoms with E-state index >= 15 is 0 Å². The molecule has 98 valence electrons. The molecule has 1 atom stereocenters. The highest BCUT2D eigenvalue weighted by Gasteiger charge is 2.21. The first-order chi connectivity index (χ1) is 8.70. The van der Waals surface area contributed by atoms with Crippen LogP contribution in [0.1, 0.15) is 23.7 Å². The highest BCUT2D eigenvalue weighted by molar-refractivity contribution is 9.10. The maximum Gasteiger partial charge on any atom is 0.177 e. The molecule has 0 saturated carbocycles. The van der Waals surface area contributed by atoms with Crippen LogP contribution >= 0.6 is 27.7 Å². The average molecular weight is 328 g/mol. The Balaban J connectivity index is 1.97. The largest absolute Gasteiger partial charge is 0.294 e. The summed E-state index contributed by atoms with van der Waals surface area (Å²) in [6.07, 6.45) is 1.18. The summed E-state index contributed by atoms with van der Waals surface area (Å²) in [5.74, 6) is 1.35. The molecule has 18 heavy (non-hydrogen) atoms. The van der Waals surface area contributed by atoms with Crippen LogP contribution in [0.3, 0.4) is 0 Å². The molecular formula is C14H18BrNOS. The lowest BCUT2D eigenvalue weighted by Gasteiger charge is -2.31. The summed E-state index contributed by atoms with van der Waals surface area (Å²) in [7, 11) is 0. The molecule has 1 unspecified atom stereocenters. The normalized spacial score (nSPS) is 20.9. The van der Waals surface area contributed by atoms with Crippen LogP contribution in [0.15, 0.2) is 28.7 Å². The van der Waals surface area contributed by atoms with Crippen LogP contribution < -0.4 is 0 Å². The molecule has 0 radical (unpaired) electrons. The third-order valence-corrected chi connectivity index (χ3v) is 5.28. The van der Waals surface area contributed by atoms with Crippen LogP contribution in [-0.2, 0) is 0 Å². The van der Waals surface area contributed by atoms with Crippen molar-refractivity contribution in [2.75, 3.05) is 25.4 Å². The minimum Gasteiger partial charge on any atom is -0.294 e. The smallest absolute Gasteiger partial charge is 0.177 e. The molecule has 0 amide bonds. The molecule has 0 spiro atoms. The number of carbonyl (C=O) groups excluding carboxylic acids is 1. The third-order valence-electron chi connectivity index (χ3n) is 3.22. The van der Waals surface area contributed by atoms with Gasteiger partial charge in [-0.15, -0.1) is 0 Å². The van der Waals surface area contributed by atoms with Crippen LogP contribution in [0.25, 0.3) is 0 Å². The summed E-state index contributed by atoms with van der Waals surface area (Å²) in [5, 5.41) is 0.686. The van der Waals surface area contributed by atoms with Crippen molar-refractivity contribution >= 4 is 33.5 Å². The first-order valence-electron chi connectivity index (χ1n) is 6.32. The molecule has 1 aliphatic rings. The van der Waals surface area contributed by atoms with E-state index in [1.807, 2.05) is 36.0 Å². The SMILES string of the molecule is CCC1CN(CC(=O)c2ccccc2Br)CCS1. The van der Waals surface area contributed by atoms with Crippen LogP contribution in [0, 0.1) is 0 Å². The fraction of sp³-hybridized carbons (Fsp3) is 0.500. The van der Waals surface area contributed by atoms with Crippen molar-refractivity contribution in [3.8, 4) is 0 Å². The van der Waals surface area contributed by atoms with Crippen molar-refractivity contribution in [3.63, 3.8) is 0 Å². The molecule has 1 aromatic rings. The summed E-state index contributed by atoms with van der Waals surface area (Å²) in [6.45, 7) is 4.82. The quantitative estimate of drug-likeness (QED) is 0.790. The van der Waals surface area contributed by atoms with Gasteiger partial charge in [-0.1, -0.05) is 41.1 Å². The Morgan fingerprint density at radius 1 is 1.50 bits per heavy atom. The second-order valence-corrected chi connectivity index (χ2v) is 6.80. The van der Waals surface area contributed by atoms with Crippen LogP contribution in [0.5, 0.6) is 0 Å². The number of hydrogen-bond donors (Lipinski definition) is 0. The molecule has 2 nitrogen and oxygen atoms in total. The predicted molar refractivity (Wildman–Crippen MR) is 81.4 cm³/mol. The van der Waals surface area contributed by atoms with Gasteiger partial charge in [0.15, 0.2) is 5.78 Å². The molecule has 0 aliphatic carbocycles. The Hall–Kier alpha value is -0.320. The highest BCUT2D eigenvalue weighted by atomic mass is 79.9. The van der Waals surface area contributed by atoms with E-state index in [-0.39, 0.29) is 5.78 Å². The van der Waals surface area contributed by atoms with E-state index in [1.165, 1.54) is 6.42 Å². The van der Waals surface area contributed by atoms with Crippen molar-refractivity contribution in [3.05, 3.63) is 34.3 Å². The summed E-state index contributed by atoms with van der Waals surface area (Å²) < 4.78 is 0.897. The number of hydrogen-bond acceptors (Lipinski definition) is 3. The molecule has 1 heterocycles. The Bertz CT molecular complexity index is 424. The van der Waals surface area contributed by atoms with E-state index in [0.29, 0.717) is 11.8 Å². The van der Waals surface area contributed by atoms with Gasteiger partial charge in [0.25, 0.3) is 0 Å². The van der Waals surface area contributed by atoms with Crippen molar-refractivity contribution < 1.29 is 4.79 Å². The fourth-order valence-corrected chi connectivity index (χ4v) is 3.90. The van der Waals surface area contributed by atoms with E-state index < -0.39 is 0 Å². The predicted octanol–water partition coefficient (Wildman–Crippen LogP) is 3.46. The topological polar surface area (TPSA) is 20.3 Å². The number of thioether (sulfide) groups is 1. The standard InChI is InChI=1S/C14H18BrNOS/c1-2-11-9-16(7-8-18-11)10-14(17)12-5-3-4-6-13(12)15/h3-6,11H,2,7-10H2,1H3. The van der Waals surface area contributed by atoms with Crippen molar-refractivity contribution in [1.29, 1.82) is 0 Å². The lowest BCUT2D eigenvalue weighted by atomic mass is 10.1. The lowest BCUT2D eigenvalue weighted by molar-refractivity contribution is 0.0932. The first kappa shape index (κ1) is 14.1. The van der Waals surface area contributed by atoms with Gasteiger partial charge in [0.1, 0.15) is 0 Å². The average Bonchev–Trinajstić information content (AvgIpc) is 2.39. The van der Waals surface area contributed by atoms with Crippen LogP contribution in [0.4, 0.5) is 0 Å². The van der Waals surface area contributed by atoms with Gasteiger partial charge in [-0.05, 0) is 12.5 Å². The summed E-state index contributed by atoms with van der Waals surface area (Å²) >= 11 is 5.47. The minimum atomic E-state index is 0.212. The molecule has 2 rings (SSSR count). The zero-order chi connectivity index (χ0) is 13.0. The minimum absolute atomic E-state index is 0.212. The lowest BCUT2D eigenvalue weighted by Crippen LogP contribution is -2.40. The van der Waals surface area contributed by atoms with Crippen molar-refractivity contribution in [2.24, 2.45) is 0 Å². The molecule has 1 fully saturated rings. The van der Waals surface area contributed by atoms with E-state index in [2.05, 4.69) is 27.8 Å². The number of nitrogens with zero attached hydrogens (tertiary/aromatic N) is 1. The van der Waals surface area contributed by atoms with Gasteiger partial charge >= 0.3 is 0 Å². The number of carbonyl (C=O) groups is 1. The van der Waals surface area contributed by atoms with Gasteiger partial charge in [0.2, 0.25) is 0 Å². The van der Waals surface area contributed by atoms with Crippen LogP contribution in [-0.4, -0.2) is 41.3 Å². The Kier molecular flexibility index (Phi) is 5.27. The number of halogens is 1.